The third-order valence-corrected chi connectivity index (χ3v) is 5.98. The fourth-order valence-corrected chi connectivity index (χ4v) is 4.48. The molecule has 4 rings (SSSR count). The second-order valence-corrected chi connectivity index (χ2v) is 8.61. The lowest BCUT2D eigenvalue weighted by molar-refractivity contribution is -0.126. The molecule has 0 spiro atoms. The summed E-state index contributed by atoms with van der Waals surface area (Å²) in [5.74, 6) is 1.27. The number of carbonyl (C=O) groups is 1. The largest absolute Gasteiger partial charge is 0.356 e. The van der Waals surface area contributed by atoms with Crippen molar-refractivity contribution < 1.29 is 4.79 Å². The van der Waals surface area contributed by atoms with Crippen LogP contribution in [0.25, 0.3) is 16.7 Å². The minimum Gasteiger partial charge on any atom is -0.356 e. The van der Waals surface area contributed by atoms with Crippen molar-refractivity contribution in [1.82, 2.24) is 19.8 Å². The summed E-state index contributed by atoms with van der Waals surface area (Å²) in [6.07, 6.45) is 2.98. The number of benzene rings is 2. The number of likely N-dealkylation sites (tertiary alicyclic amines) is 1. The molecule has 1 aliphatic heterocycles. The van der Waals surface area contributed by atoms with E-state index in [0.29, 0.717) is 0 Å². The van der Waals surface area contributed by atoms with Gasteiger partial charge in [0.15, 0.2) is 0 Å². The predicted molar refractivity (Wildman–Crippen MR) is 120 cm³/mol. The smallest absolute Gasteiger partial charge is 0.224 e. The molecule has 1 aromatic heterocycles. The minimum atomic E-state index is 0.0685. The van der Waals surface area contributed by atoms with Gasteiger partial charge in [-0.1, -0.05) is 41.1 Å². The van der Waals surface area contributed by atoms with Gasteiger partial charge in [-0.2, -0.15) is 0 Å². The zero-order valence-corrected chi connectivity index (χ0v) is 18.4. The van der Waals surface area contributed by atoms with Crippen molar-refractivity contribution in [2.45, 2.75) is 32.7 Å². The van der Waals surface area contributed by atoms with Crippen molar-refractivity contribution in [3.8, 4) is 5.69 Å². The van der Waals surface area contributed by atoms with Crippen molar-refractivity contribution >= 4 is 32.9 Å². The molecule has 1 saturated heterocycles. The number of nitrogens with zero attached hydrogens (tertiary/aromatic N) is 3. The molecule has 1 aliphatic rings. The second kappa shape index (κ2) is 9.09. The van der Waals surface area contributed by atoms with Gasteiger partial charge >= 0.3 is 0 Å². The Balaban J connectivity index is 1.61. The Bertz CT molecular complexity index is 999. The topological polar surface area (TPSA) is 50.2 Å². The van der Waals surface area contributed by atoms with Gasteiger partial charge in [0.25, 0.3) is 0 Å². The number of imidazole rings is 1. The van der Waals surface area contributed by atoms with E-state index in [1.165, 1.54) is 0 Å². The zero-order chi connectivity index (χ0) is 20.2. The molecule has 5 nitrogen and oxygen atoms in total. The number of piperidine rings is 1. The summed E-state index contributed by atoms with van der Waals surface area (Å²) in [7, 11) is 0. The van der Waals surface area contributed by atoms with Gasteiger partial charge < -0.3 is 5.32 Å². The lowest BCUT2D eigenvalue weighted by Gasteiger charge is -2.31. The van der Waals surface area contributed by atoms with E-state index in [1.807, 2.05) is 18.2 Å². The molecule has 2 aromatic carbocycles. The monoisotopic (exact) mass is 454 g/mol. The number of nitrogens with one attached hydrogen (secondary N) is 1. The van der Waals surface area contributed by atoms with Crippen LogP contribution in [0.1, 0.15) is 32.0 Å². The molecule has 0 saturated carbocycles. The Labute approximate surface area is 180 Å². The van der Waals surface area contributed by atoms with Crippen LogP contribution in [0.15, 0.2) is 53.0 Å². The number of halogens is 1. The second-order valence-electron chi connectivity index (χ2n) is 7.70. The minimum absolute atomic E-state index is 0.0685. The summed E-state index contributed by atoms with van der Waals surface area (Å²) < 4.78 is 3.28. The van der Waals surface area contributed by atoms with Crippen LogP contribution in [0.2, 0.25) is 0 Å². The van der Waals surface area contributed by atoms with Gasteiger partial charge in [-0.3, -0.25) is 14.3 Å². The molecule has 1 amide bonds. The molecule has 0 bridgehead atoms. The Morgan fingerprint density at radius 3 is 2.93 bits per heavy atom. The van der Waals surface area contributed by atoms with Crippen LogP contribution in [0.4, 0.5) is 0 Å². The summed E-state index contributed by atoms with van der Waals surface area (Å²) in [4.78, 5) is 19.8. The van der Waals surface area contributed by atoms with Crippen LogP contribution in [0.5, 0.6) is 0 Å². The molecule has 29 heavy (non-hydrogen) atoms. The SMILES string of the molecule is CCCNC(=O)[C@@H]1CCCN(Cc2nc3ccccc3n2-c2cccc(Br)c2)C1. The van der Waals surface area contributed by atoms with Crippen LogP contribution < -0.4 is 5.32 Å². The lowest BCUT2D eigenvalue weighted by Crippen LogP contribution is -2.43. The average Bonchev–Trinajstić information content (AvgIpc) is 3.10. The lowest BCUT2D eigenvalue weighted by atomic mass is 9.97. The normalized spacial score (nSPS) is 17.5. The van der Waals surface area contributed by atoms with Gasteiger partial charge in [-0.25, -0.2) is 4.98 Å². The Morgan fingerprint density at radius 1 is 1.24 bits per heavy atom. The molecule has 1 fully saturated rings. The number of aromatic nitrogens is 2. The van der Waals surface area contributed by atoms with Gasteiger partial charge in [-0.15, -0.1) is 0 Å². The molecule has 0 unspecified atom stereocenters. The van der Waals surface area contributed by atoms with Gasteiger partial charge in [-0.05, 0) is 56.1 Å². The maximum Gasteiger partial charge on any atom is 0.224 e. The number of amides is 1. The summed E-state index contributed by atoms with van der Waals surface area (Å²) in [5, 5.41) is 3.06. The first-order valence-electron chi connectivity index (χ1n) is 10.4. The van der Waals surface area contributed by atoms with Crippen molar-refractivity contribution in [1.29, 1.82) is 0 Å². The molecule has 6 heteroatoms. The van der Waals surface area contributed by atoms with Crippen LogP contribution in [-0.4, -0.2) is 40.0 Å². The first-order valence-corrected chi connectivity index (χ1v) is 11.2. The molecular weight excluding hydrogens is 428 g/mol. The van der Waals surface area contributed by atoms with Gasteiger partial charge in [0, 0.05) is 23.2 Å². The van der Waals surface area contributed by atoms with Crippen LogP contribution in [-0.2, 0) is 11.3 Å². The van der Waals surface area contributed by atoms with Gasteiger partial charge in [0.2, 0.25) is 5.91 Å². The molecule has 1 atom stereocenters. The average molecular weight is 455 g/mol. The molecule has 152 valence electrons. The van der Waals surface area contributed by atoms with Crippen LogP contribution in [0, 0.1) is 5.92 Å². The first-order chi connectivity index (χ1) is 14.2. The van der Waals surface area contributed by atoms with E-state index in [9.17, 15) is 4.79 Å². The summed E-state index contributed by atoms with van der Waals surface area (Å²) in [5.41, 5.74) is 3.20. The molecule has 3 aromatic rings. The maximum absolute atomic E-state index is 12.5. The molecule has 2 heterocycles. The van der Waals surface area contributed by atoms with Gasteiger partial charge in [0.1, 0.15) is 5.82 Å². The summed E-state index contributed by atoms with van der Waals surface area (Å²) in [6, 6.07) is 16.6. The summed E-state index contributed by atoms with van der Waals surface area (Å²) in [6.45, 7) is 5.36. The van der Waals surface area contributed by atoms with Crippen molar-refractivity contribution in [2.75, 3.05) is 19.6 Å². The summed E-state index contributed by atoms with van der Waals surface area (Å²) >= 11 is 3.59. The van der Waals surface area contributed by atoms with Crippen molar-refractivity contribution in [3.05, 3.63) is 58.8 Å². The highest BCUT2D eigenvalue weighted by molar-refractivity contribution is 9.10. The van der Waals surface area contributed by atoms with E-state index < -0.39 is 0 Å². The Hall–Kier alpha value is -2.18. The number of para-hydroxylation sites is 2. The third-order valence-electron chi connectivity index (χ3n) is 5.49. The zero-order valence-electron chi connectivity index (χ0n) is 16.8. The highest BCUT2D eigenvalue weighted by Crippen LogP contribution is 2.26. The van der Waals surface area contributed by atoms with E-state index in [-0.39, 0.29) is 11.8 Å². The molecular formula is C23H27BrN4O. The van der Waals surface area contributed by atoms with Crippen molar-refractivity contribution in [3.63, 3.8) is 0 Å². The molecule has 0 radical (unpaired) electrons. The Morgan fingerprint density at radius 2 is 2.10 bits per heavy atom. The van der Waals surface area contributed by atoms with E-state index in [2.05, 4.69) is 68.0 Å². The number of hydrogen-bond donors (Lipinski definition) is 1. The first kappa shape index (κ1) is 20.1. The highest BCUT2D eigenvalue weighted by atomic mass is 79.9. The number of rotatable bonds is 6. The third kappa shape index (κ3) is 4.54. The maximum atomic E-state index is 12.5. The molecule has 1 N–H and O–H groups in total. The number of carbonyl (C=O) groups excluding carboxylic acids is 1. The van der Waals surface area contributed by atoms with E-state index in [4.69, 9.17) is 4.98 Å². The van der Waals surface area contributed by atoms with E-state index >= 15 is 0 Å². The van der Waals surface area contributed by atoms with E-state index in [0.717, 1.165) is 72.5 Å². The van der Waals surface area contributed by atoms with Crippen LogP contribution in [0.3, 0.4) is 0 Å². The molecule has 0 aliphatic carbocycles. The van der Waals surface area contributed by atoms with Crippen LogP contribution >= 0.6 is 15.9 Å². The van der Waals surface area contributed by atoms with Gasteiger partial charge in [0.05, 0.1) is 23.5 Å². The fraction of sp³-hybridized carbons (Fsp3) is 0.391. The highest BCUT2D eigenvalue weighted by Gasteiger charge is 2.26. The van der Waals surface area contributed by atoms with Crippen molar-refractivity contribution in [2.24, 2.45) is 5.92 Å². The standard InChI is InChI=1S/C23H27BrN4O/c1-2-12-25-23(29)17-7-6-13-27(15-17)16-22-26-20-10-3-4-11-21(20)28(22)19-9-5-8-18(24)14-19/h3-5,8-11,14,17H,2,6-7,12-13,15-16H2,1H3,(H,25,29)/t17-/m1/s1. The number of hydrogen-bond acceptors (Lipinski definition) is 3. The Kier molecular flexibility index (Phi) is 6.31. The number of fused-ring (bicyclic) bond motifs is 1. The van der Waals surface area contributed by atoms with E-state index in [1.54, 1.807) is 0 Å². The predicted octanol–water partition coefficient (Wildman–Crippen LogP) is 4.53. The fourth-order valence-electron chi connectivity index (χ4n) is 4.09. The quantitative estimate of drug-likeness (QED) is 0.595.